The summed E-state index contributed by atoms with van der Waals surface area (Å²) in [7, 11) is 0. The molecule has 1 aromatic carbocycles. The van der Waals surface area contributed by atoms with Gasteiger partial charge in [-0.05, 0) is 55.2 Å². The van der Waals surface area contributed by atoms with Gasteiger partial charge in [0.2, 0.25) is 0 Å². The maximum atomic E-state index is 11.8. The number of allylic oxidation sites excluding steroid dienone is 1. The smallest absolute Gasteiger partial charge is 0.0991 e. The summed E-state index contributed by atoms with van der Waals surface area (Å²) in [5, 5.41) is 8.83. The van der Waals surface area contributed by atoms with Gasteiger partial charge in [-0.3, -0.25) is 0 Å². The Hall–Kier alpha value is -1.62. The molecule has 0 saturated heterocycles. The maximum absolute atomic E-state index is 11.8. The van der Waals surface area contributed by atoms with Gasteiger partial charge in [0.1, 0.15) is 0 Å². The molecule has 130 valence electrons. The second kappa shape index (κ2) is 11.0. The molecule has 0 unspecified atom stereocenters. The lowest BCUT2D eigenvalue weighted by molar-refractivity contribution is 0.249. The lowest BCUT2D eigenvalue weighted by Gasteiger charge is -2.28. The van der Waals surface area contributed by atoms with Crippen molar-refractivity contribution in [1.29, 1.82) is 5.26 Å². The lowest BCUT2D eigenvalue weighted by Crippen LogP contribution is -2.15. The molecule has 0 radical (unpaired) electrons. The molecule has 2 rings (SSSR count). The molecule has 2 heteroatoms. The third-order valence-electron chi connectivity index (χ3n) is 5.46. The molecule has 0 N–H and O–H groups in total. The van der Waals surface area contributed by atoms with Crippen LogP contribution < -0.4 is 0 Å². The maximum Gasteiger partial charge on any atom is 0.0991 e. The van der Waals surface area contributed by atoms with Crippen molar-refractivity contribution in [3.63, 3.8) is 0 Å². The highest BCUT2D eigenvalue weighted by Crippen LogP contribution is 2.34. The summed E-state index contributed by atoms with van der Waals surface area (Å²) < 4.78 is 11.8. The predicted octanol–water partition coefficient (Wildman–Crippen LogP) is 6.73. The number of benzene rings is 1. The third kappa shape index (κ3) is 6.87. The van der Waals surface area contributed by atoms with Crippen LogP contribution in [-0.2, 0) is 6.42 Å². The molecule has 1 saturated carbocycles. The number of hydrogen-bond acceptors (Lipinski definition) is 1. The molecular formula is C22H30FN. The minimum atomic E-state index is 0.666. The predicted molar refractivity (Wildman–Crippen MR) is 98.3 cm³/mol. The standard InChI is InChI=1S/C22H30FN/c23-17-5-3-1-2-4-6-19-7-9-20(10-8-19)11-12-21-13-15-22(18-24)16-14-21/h5,13-17,19-20H,1-4,6-12H2/b17-5+. The van der Waals surface area contributed by atoms with Crippen LogP contribution in [0.15, 0.2) is 36.7 Å². The van der Waals surface area contributed by atoms with Crippen molar-refractivity contribution in [3.05, 3.63) is 47.8 Å². The molecule has 1 aromatic rings. The first-order valence-electron chi connectivity index (χ1n) is 9.56. The zero-order chi connectivity index (χ0) is 17.0. The first-order valence-corrected chi connectivity index (χ1v) is 9.56. The Kier molecular flexibility index (Phi) is 8.60. The number of hydrogen-bond donors (Lipinski definition) is 0. The van der Waals surface area contributed by atoms with E-state index >= 15 is 0 Å². The fourth-order valence-corrected chi connectivity index (χ4v) is 3.86. The largest absolute Gasteiger partial charge is 0.216 e. The summed E-state index contributed by atoms with van der Waals surface area (Å²) in [6.07, 6.45) is 16.2. The Labute approximate surface area is 146 Å². The highest BCUT2D eigenvalue weighted by molar-refractivity contribution is 5.31. The van der Waals surface area contributed by atoms with E-state index in [9.17, 15) is 4.39 Å². The third-order valence-corrected chi connectivity index (χ3v) is 5.46. The molecular weight excluding hydrogens is 297 g/mol. The van der Waals surface area contributed by atoms with E-state index in [2.05, 4.69) is 18.2 Å². The Morgan fingerprint density at radius 2 is 1.62 bits per heavy atom. The van der Waals surface area contributed by atoms with Gasteiger partial charge in [0.15, 0.2) is 0 Å². The summed E-state index contributed by atoms with van der Waals surface area (Å²) in [5.41, 5.74) is 2.11. The lowest BCUT2D eigenvalue weighted by atomic mass is 9.77. The number of rotatable bonds is 9. The minimum absolute atomic E-state index is 0.666. The second-order valence-electron chi connectivity index (χ2n) is 7.23. The molecule has 0 heterocycles. The van der Waals surface area contributed by atoms with Crippen LogP contribution in [0.5, 0.6) is 0 Å². The van der Waals surface area contributed by atoms with E-state index in [-0.39, 0.29) is 0 Å². The number of nitriles is 1. The Bertz CT molecular complexity index is 518. The zero-order valence-electron chi connectivity index (χ0n) is 14.7. The molecule has 24 heavy (non-hydrogen) atoms. The van der Waals surface area contributed by atoms with E-state index in [4.69, 9.17) is 5.26 Å². The summed E-state index contributed by atoms with van der Waals surface area (Å²) in [4.78, 5) is 0. The highest BCUT2D eigenvalue weighted by Gasteiger charge is 2.20. The van der Waals surface area contributed by atoms with Crippen molar-refractivity contribution < 1.29 is 4.39 Å². The molecule has 1 fully saturated rings. The van der Waals surface area contributed by atoms with Crippen LogP contribution >= 0.6 is 0 Å². The van der Waals surface area contributed by atoms with Gasteiger partial charge in [-0.1, -0.05) is 63.2 Å². The monoisotopic (exact) mass is 327 g/mol. The van der Waals surface area contributed by atoms with E-state index in [0.29, 0.717) is 6.33 Å². The Balaban J connectivity index is 1.56. The van der Waals surface area contributed by atoms with Gasteiger partial charge in [-0.25, -0.2) is 4.39 Å². The quantitative estimate of drug-likeness (QED) is 0.461. The molecule has 0 amide bonds. The van der Waals surface area contributed by atoms with E-state index < -0.39 is 0 Å². The van der Waals surface area contributed by atoms with Crippen LogP contribution in [0.1, 0.15) is 75.3 Å². The Morgan fingerprint density at radius 1 is 0.958 bits per heavy atom. The van der Waals surface area contributed by atoms with Crippen LogP contribution in [0.4, 0.5) is 4.39 Å². The fourth-order valence-electron chi connectivity index (χ4n) is 3.86. The number of aryl methyl sites for hydroxylation is 1. The van der Waals surface area contributed by atoms with Gasteiger partial charge in [0.25, 0.3) is 0 Å². The van der Waals surface area contributed by atoms with Crippen LogP contribution in [0, 0.1) is 23.2 Å². The van der Waals surface area contributed by atoms with E-state index in [1.165, 1.54) is 56.9 Å². The Morgan fingerprint density at radius 3 is 2.25 bits per heavy atom. The van der Waals surface area contributed by atoms with E-state index in [1.54, 1.807) is 6.08 Å². The summed E-state index contributed by atoms with van der Waals surface area (Å²) in [6, 6.07) is 10.2. The van der Waals surface area contributed by atoms with Crippen molar-refractivity contribution in [2.75, 3.05) is 0 Å². The zero-order valence-corrected chi connectivity index (χ0v) is 14.7. The van der Waals surface area contributed by atoms with E-state index in [1.807, 2.05) is 12.1 Å². The average Bonchev–Trinajstić information content (AvgIpc) is 2.64. The SMILES string of the molecule is N#Cc1ccc(CCC2CCC(CCCCC/C=C/F)CC2)cc1. The summed E-state index contributed by atoms with van der Waals surface area (Å²) in [6.45, 7) is 0. The molecule has 0 spiro atoms. The fraction of sp³-hybridized carbons (Fsp3) is 0.591. The van der Waals surface area contributed by atoms with E-state index in [0.717, 1.165) is 36.7 Å². The van der Waals surface area contributed by atoms with Gasteiger partial charge in [0, 0.05) is 0 Å². The average molecular weight is 327 g/mol. The van der Waals surface area contributed by atoms with Crippen LogP contribution in [0.3, 0.4) is 0 Å². The second-order valence-corrected chi connectivity index (χ2v) is 7.23. The molecule has 1 aliphatic carbocycles. The van der Waals surface area contributed by atoms with Gasteiger partial charge in [-0.2, -0.15) is 5.26 Å². The highest BCUT2D eigenvalue weighted by atomic mass is 19.1. The number of nitrogens with zero attached hydrogens (tertiary/aromatic N) is 1. The molecule has 0 aromatic heterocycles. The summed E-state index contributed by atoms with van der Waals surface area (Å²) >= 11 is 0. The van der Waals surface area contributed by atoms with Crippen molar-refractivity contribution in [3.8, 4) is 6.07 Å². The topological polar surface area (TPSA) is 23.8 Å². The van der Waals surface area contributed by atoms with Gasteiger partial charge in [0.05, 0.1) is 18.0 Å². The van der Waals surface area contributed by atoms with Gasteiger partial charge >= 0.3 is 0 Å². The molecule has 0 aliphatic heterocycles. The summed E-state index contributed by atoms with van der Waals surface area (Å²) in [5.74, 6) is 1.81. The molecule has 1 nitrogen and oxygen atoms in total. The van der Waals surface area contributed by atoms with Gasteiger partial charge < -0.3 is 0 Å². The van der Waals surface area contributed by atoms with Crippen molar-refractivity contribution >= 4 is 0 Å². The first kappa shape index (κ1) is 18.7. The minimum Gasteiger partial charge on any atom is -0.216 e. The van der Waals surface area contributed by atoms with Crippen LogP contribution in [0.25, 0.3) is 0 Å². The first-order chi connectivity index (χ1) is 11.8. The number of halogens is 1. The molecule has 1 aliphatic rings. The van der Waals surface area contributed by atoms with Crippen LogP contribution in [0.2, 0.25) is 0 Å². The molecule has 0 atom stereocenters. The van der Waals surface area contributed by atoms with Crippen molar-refractivity contribution in [2.24, 2.45) is 11.8 Å². The van der Waals surface area contributed by atoms with Crippen LogP contribution in [-0.4, -0.2) is 0 Å². The van der Waals surface area contributed by atoms with Gasteiger partial charge in [-0.15, -0.1) is 0 Å². The van der Waals surface area contributed by atoms with Crippen molar-refractivity contribution in [1.82, 2.24) is 0 Å². The van der Waals surface area contributed by atoms with Crippen molar-refractivity contribution in [2.45, 2.75) is 70.6 Å². The normalized spacial score (nSPS) is 21.0. The molecule has 0 bridgehead atoms. The number of unbranched alkanes of at least 4 members (excludes halogenated alkanes) is 3.